The van der Waals surface area contributed by atoms with Gasteiger partial charge in [-0.05, 0) is 6.07 Å². The number of benzene rings is 1. The van der Waals surface area contributed by atoms with Gasteiger partial charge in [-0.3, -0.25) is 29.1 Å². The number of hydrogen-bond acceptors (Lipinski definition) is 5. The second-order valence-electron chi connectivity index (χ2n) is 4.85. The molecule has 0 saturated carbocycles. The minimum Gasteiger partial charge on any atom is -0.426 e. The molecule has 0 spiro atoms. The molecule has 0 aliphatic rings. The molecule has 0 atom stereocenters. The van der Waals surface area contributed by atoms with Gasteiger partial charge in [-0.25, -0.2) is 9.59 Å². The molecule has 0 aliphatic carbocycles. The maximum Gasteiger partial charge on any atom is 0.330 e. The van der Waals surface area contributed by atoms with Gasteiger partial charge in [0, 0.05) is 12.5 Å². The number of nitrogens with zero attached hydrogens (tertiary/aromatic N) is 1. The van der Waals surface area contributed by atoms with Crippen LogP contribution in [0.25, 0.3) is 11.2 Å². The number of para-hydroxylation sites is 1. The fourth-order valence-corrected chi connectivity index (χ4v) is 2.24. The molecule has 0 fully saturated rings. The van der Waals surface area contributed by atoms with Crippen molar-refractivity contribution in [2.75, 3.05) is 0 Å². The lowest BCUT2D eigenvalue weighted by Crippen LogP contribution is -2.35. The van der Waals surface area contributed by atoms with Crippen LogP contribution in [-0.4, -0.2) is 25.5 Å². The minimum atomic E-state index is -0.685. The van der Waals surface area contributed by atoms with Crippen molar-refractivity contribution in [3.63, 3.8) is 0 Å². The highest BCUT2D eigenvalue weighted by molar-refractivity contribution is 5.70. The van der Waals surface area contributed by atoms with E-state index in [1.54, 1.807) is 24.3 Å². The largest absolute Gasteiger partial charge is 0.426 e. The second-order valence-corrected chi connectivity index (χ2v) is 4.85. The van der Waals surface area contributed by atoms with Crippen molar-refractivity contribution in [1.82, 2.24) is 19.5 Å². The normalized spacial score (nSPS) is 10.8. The van der Waals surface area contributed by atoms with Gasteiger partial charge < -0.3 is 4.74 Å². The van der Waals surface area contributed by atoms with E-state index >= 15 is 0 Å². The van der Waals surface area contributed by atoms with Gasteiger partial charge in [-0.2, -0.15) is 0 Å². The van der Waals surface area contributed by atoms with Crippen molar-refractivity contribution >= 4 is 17.1 Å². The fraction of sp³-hybridized carbons (Fsp3) is 0.143. The zero-order valence-electron chi connectivity index (χ0n) is 12.0. The molecule has 0 unspecified atom stereocenters. The smallest absolute Gasteiger partial charge is 0.330 e. The molecule has 0 aliphatic heterocycles. The average Bonchev–Trinajstić information content (AvgIpc) is 2.85. The Morgan fingerprint density at radius 1 is 1.13 bits per heavy atom. The van der Waals surface area contributed by atoms with Crippen molar-refractivity contribution in [1.29, 1.82) is 0 Å². The molecular weight excluding hydrogens is 304 g/mol. The van der Waals surface area contributed by atoms with E-state index in [4.69, 9.17) is 4.74 Å². The Hall–Kier alpha value is -3.36. The van der Waals surface area contributed by atoms with E-state index in [-0.39, 0.29) is 23.5 Å². The summed E-state index contributed by atoms with van der Waals surface area (Å²) >= 11 is 0. The van der Waals surface area contributed by atoms with Gasteiger partial charge in [-0.1, -0.05) is 18.2 Å². The van der Waals surface area contributed by atoms with E-state index < -0.39 is 22.9 Å². The molecule has 9 nitrogen and oxygen atoms in total. The molecule has 2 aromatic heterocycles. The van der Waals surface area contributed by atoms with Crippen LogP contribution in [0.4, 0.5) is 0 Å². The Balaban J connectivity index is 2.13. The standard InChI is InChI=1S/C14H12N4O5/c1-7(19)23-9-5-3-2-4-8(9)6-18-12(20)10-11(17-14(18)22)16-13(21)15-10/h2-5H,6H2,1H3,(H,17,22)(H2,15,16,21). The topological polar surface area (TPSA) is 130 Å². The first-order valence-corrected chi connectivity index (χ1v) is 6.67. The monoisotopic (exact) mass is 316 g/mol. The van der Waals surface area contributed by atoms with Crippen LogP contribution in [-0.2, 0) is 11.3 Å². The summed E-state index contributed by atoms with van der Waals surface area (Å²) in [6.07, 6.45) is 0. The molecule has 23 heavy (non-hydrogen) atoms. The summed E-state index contributed by atoms with van der Waals surface area (Å²) in [7, 11) is 0. The predicted octanol–water partition coefficient (Wildman–Crippen LogP) is -0.320. The highest BCUT2D eigenvalue weighted by Crippen LogP contribution is 2.18. The summed E-state index contributed by atoms with van der Waals surface area (Å²) in [4.78, 5) is 53.9. The van der Waals surface area contributed by atoms with Crippen LogP contribution in [0, 0.1) is 0 Å². The molecule has 3 aromatic rings. The number of aromatic amines is 3. The Morgan fingerprint density at radius 3 is 2.61 bits per heavy atom. The third-order valence-electron chi connectivity index (χ3n) is 3.22. The fourth-order valence-electron chi connectivity index (χ4n) is 2.24. The van der Waals surface area contributed by atoms with E-state index in [2.05, 4.69) is 15.0 Å². The Morgan fingerprint density at radius 2 is 1.87 bits per heavy atom. The van der Waals surface area contributed by atoms with E-state index in [0.29, 0.717) is 5.56 Å². The van der Waals surface area contributed by atoms with Crippen LogP contribution in [0.15, 0.2) is 38.6 Å². The lowest BCUT2D eigenvalue weighted by atomic mass is 10.2. The van der Waals surface area contributed by atoms with Crippen LogP contribution in [0.3, 0.4) is 0 Å². The highest BCUT2D eigenvalue weighted by atomic mass is 16.5. The molecule has 118 valence electrons. The zero-order valence-corrected chi connectivity index (χ0v) is 12.0. The van der Waals surface area contributed by atoms with Crippen LogP contribution in [0.1, 0.15) is 12.5 Å². The maximum absolute atomic E-state index is 12.3. The van der Waals surface area contributed by atoms with Gasteiger partial charge in [0.2, 0.25) is 0 Å². The zero-order chi connectivity index (χ0) is 16.6. The first-order valence-electron chi connectivity index (χ1n) is 6.67. The molecule has 3 N–H and O–H groups in total. The van der Waals surface area contributed by atoms with Gasteiger partial charge in [0.05, 0.1) is 6.54 Å². The maximum atomic E-state index is 12.3. The van der Waals surface area contributed by atoms with Crippen LogP contribution >= 0.6 is 0 Å². The lowest BCUT2D eigenvalue weighted by Gasteiger charge is -2.09. The first-order chi connectivity index (χ1) is 11.0. The molecular formula is C14H12N4O5. The summed E-state index contributed by atoms with van der Waals surface area (Å²) in [5.74, 6) is -0.252. The number of carbonyl (C=O) groups excluding carboxylic acids is 1. The van der Waals surface area contributed by atoms with Gasteiger partial charge in [-0.15, -0.1) is 0 Å². The van der Waals surface area contributed by atoms with E-state index in [0.717, 1.165) is 4.57 Å². The number of hydrogen-bond donors (Lipinski definition) is 3. The van der Waals surface area contributed by atoms with Gasteiger partial charge >= 0.3 is 17.3 Å². The molecule has 2 heterocycles. The van der Waals surface area contributed by atoms with Gasteiger partial charge in [0.25, 0.3) is 5.56 Å². The van der Waals surface area contributed by atoms with Gasteiger partial charge in [0.1, 0.15) is 11.4 Å². The predicted molar refractivity (Wildman–Crippen MR) is 80.7 cm³/mol. The molecule has 0 amide bonds. The molecule has 9 heteroatoms. The van der Waals surface area contributed by atoms with Crippen molar-refractivity contribution in [2.24, 2.45) is 0 Å². The Labute approximate surface area is 127 Å². The van der Waals surface area contributed by atoms with Crippen LogP contribution in [0.5, 0.6) is 5.75 Å². The molecule has 0 saturated heterocycles. The summed E-state index contributed by atoms with van der Waals surface area (Å²) in [6.45, 7) is 1.15. The van der Waals surface area contributed by atoms with Crippen molar-refractivity contribution < 1.29 is 9.53 Å². The van der Waals surface area contributed by atoms with E-state index in [1.165, 1.54) is 6.92 Å². The van der Waals surface area contributed by atoms with Crippen molar-refractivity contribution in [3.8, 4) is 5.75 Å². The highest BCUT2D eigenvalue weighted by Gasteiger charge is 2.13. The number of fused-ring (bicyclic) bond motifs is 1. The minimum absolute atomic E-state index is 0.0282. The number of carbonyl (C=O) groups is 1. The SMILES string of the molecule is CC(=O)Oc1ccccc1Cn1c(=O)[nH]c2[nH]c(=O)[nH]c2c1=O. The van der Waals surface area contributed by atoms with E-state index in [9.17, 15) is 19.2 Å². The Kier molecular flexibility index (Phi) is 3.45. The number of H-pyrrole nitrogens is 3. The molecule has 0 bridgehead atoms. The number of aromatic nitrogens is 4. The molecule has 0 radical (unpaired) electrons. The van der Waals surface area contributed by atoms with Crippen LogP contribution in [0.2, 0.25) is 0 Å². The number of nitrogens with one attached hydrogen (secondary N) is 3. The number of esters is 1. The van der Waals surface area contributed by atoms with Crippen molar-refractivity contribution in [2.45, 2.75) is 13.5 Å². The number of ether oxygens (including phenoxy) is 1. The average molecular weight is 316 g/mol. The summed E-state index contributed by atoms with van der Waals surface area (Å²) < 4.78 is 5.97. The lowest BCUT2D eigenvalue weighted by molar-refractivity contribution is -0.131. The summed E-state index contributed by atoms with van der Waals surface area (Å²) in [6, 6.07) is 6.56. The number of rotatable bonds is 3. The summed E-state index contributed by atoms with van der Waals surface area (Å²) in [5, 5.41) is 0. The summed E-state index contributed by atoms with van der Waals surface area (Å²) in [5.41, 5.74) is -1.44. The van der Waals surface area contributed by atoms with Crippen LogP contribution < -0.4 is 21.7 Å². The van der Waals surface area contributed by atoms with Gasteiger partial charge in [0.15, 0.2) is 5.52 Å². The first kappa shape index (κ1) is 14.6. The molecule has 3 rings (SSSR count). The molecule has 1 aromatic carbocycles. The Bertz CT molecular complexity index is 1070. The third-order valence-corrected chi connectivity index (χ3v) is 3.22. The quantitative estimate of drug-likeness (QED) is 0.450. The second kappa shape index (κ2) is 5.44. The van der Waals surface area contributed by atoms with E-state index in [1.807, 2.05) is 0 Å². The number of imidazole rings is 1. The third kappa shape index (κ3) is 2.71. The van der Waals surface area contributed by atoms with Crippen molar-refractivity contribution in [3.05, 3.63) is 61.2 Å².